The quantitative estimate of drug-likeness (QED) is 0.775. The first kappa shape index (κ1) is 18.1. The van der Waals surface area contributed by atoms with Gasteiger partial charge >= 0.3 is 5.97 Å². The van der Waals surface area contributed by atoms with Gasteiger partial charge in [-0.3, -0.25) is 4.79 Å². The van der Waals surface area contributed by atoms with Gasteiger partial charge in [0.25, 0.3) is 5.91 Å². The van der Waals surface area contributed by atoms with Crippen LogP contribution < -0.4 is 10.1 Å². The van der Waals surface area contributed by atoms with E-state index in [0.29, 0.717) is 5.75 Å². The van der Waals surface area contributed by atoms with Gasteiger partial charge in [0.2, 0.25) is 0 Å². The fraction of sp³-hybridized carbons (Fsp3) is 0.619. The fourth-order valence-corrected chi connectivity index (χ4v) is 5.72. The number of amides is 1. The number of methoxy groups -OCH3 is 1. The third kappa shape index (κ3) is 3.49. The van der Waals surface area contributed by atoms with Crippen molar-refractivity contribution in [3.63, 3.8) is 0 Å². The predicted molar refractivity (Wildman–Crippen MR) is 98.6 cm³/mol. The summed E-state index contributed by atoms with van der Waals surface area (Å²) >= 11 is 0. The normalized spacial score (nSPS) is 32.0. The van der Waals surface area contributed by atoms with E-state index in [1.165, 1.54) is 38.5 Å². The Hall–Kier alpha value is -2.24. The molecule has 5 rings (SSSR count). The largest absolute Gasteiger partial charge is 0.507 e. The predicted octanol–water partition coefficient (Wildman–Crippen LogP) is 3.03. The van der Waals surface area contributed by atoms with Gasteiger partial charge in [-0.2, -0.15) is 0 Å². The second kappa shape index (κ2) is 6.73. The van der Waals surface area contributed by atoms with Gasteiger partial charge in [-0.05, 0) is 75.3 Å². The zero-order chi connectivity index (χ0) is 19.2. The van der Waals surface area contributed by atoms with Crippen LogP contribution in [0.25, 0.3) is 0 Å². The Morgan fingerprint density at radius 1 is 1.15 bits per heavy atom. The van der Waals surface area contributed by atoms with E-state index in [1.807, 2.05) is 0 Å². The van der Waals surface area contributed by atoms with Gasteiger partial charge < -0.3 is 19.9 Å². The van der Waals surface area contributed by atoms with Crippen LogP contribution in [0.3, 0.4) is 0 Å². The number of benzene rings is 1. The van der Waals surface area contributed by atoms with Crippen molar-refractivity contribution in [1.82, 2.24) is 5.32 Å². The van der Waals surface area contributed by atoms with Crippen LogP contribution >= 0.6 is 0 Å². The van der Waals surface area contributed by atoms with E-state index in [2.05, 4.69) is 5.32 Å². The zero-order valence-electron chi connectivity index (χ0n) is 15.9. The molecule has 0 heterocycles. The lowest BCUT2D eigenvalue weighted by atomic mass is 9.53. The third-order valence-corrected chi connectivity index (χ3v) is 6.50. The highest BCUT2D eigenvalue weighted by Crippen LogP contribution is 2.55. The summed E-state index contributed by atoms with van der Waals surface area (Å²) in [5.41, 5.74) is -0.0976. The van der Waals surface area contributed by atoms with Crippen molar-refractivity contribution in [3.05, 3.63) is 23.8 Å². The molecular formula is C21H27NO5. The first-order chi connectivity index (χ1) is 12.9. The summed E-state index contributed by atoms with van der Waals surface area (Å²) in [4.78, 5) is 25.0. The number of esters is 1. The van der Waals surface area contributed by atoms with Gasteiger partial charge in [0.15, 0.2) is 6.10 Å². The summed E-state index contributed by atoms with van der Waals surface area (Å²) in [7, 11) is 1.48. The Kier molecular flexibility index (Phi) is 4.52. The number of aromatic hydroxyl groups is 1. The molecule has 6 nitrogen and oxygen atoms in total. The fourth-order valence-electron chi connectivity index (χ4n) is 5.72. The van der Waals surface area contributed by atoms with Crippen LogP contribution in [0.2, 0.25) is 0 Å². The molecule has 1 amide bonds. The second-order valence-corrected chi connectivity index (χ2v) is 8.62. The maximum atomic E-state index is 12.7. The van der Waals surface area contributed by atoms with Crippen LogP contribution in [0.5, 0.6) is 11.5 Å². The highest BCUT2D eigenvalue weighted by Gasteiger charge is 2.51. The second-order valence-electron chi connectivity index (χ2n) is 8.62. The lowest BCUT2D eigenvalue weighted by Crippen LogP contribution is -2.61. The first-order valence-corrected chi connectivity index (χ1v) is 9.77. The lowest BCUT2D eigenvalue weighted by Gasteiger charge is -2.57. The summed E-state index contributed by atoms with van der Waals surface area (Å²) in [5.74, 6) is 1.42. The molecule has 27 heavy (non-hydrogen) atoms. The van der Waals surface area contributed by atoms with E-state index in [0.717, 1.165) is 37.0 Å². The van der Waals surface area contributed by atoms with Gasteiger partial charge in [0, 0.05) is 11.6 Å². The minimum absolute atomic E-state index is 0.0188. The van der Waals surface area contributed by atoms with Crippen LogP contribution in [0.1, 0.15) is 55.8 Å². The number of carbonyl (C=O) groups excluding carboxylic acids is 2. The summed E-state index contributed by atoms with van der Waals surface area (Å²) in [6, 6.07) is 4.34. The molecule has 1 atom stereocenters. The smallest absolute Gasteiger partial charge is 0.342 e. The molecule has 4 fully saturated rings. The third-order valence-electron chi connectivity index (χ3n) is 6.50. The van der Waals surface area contributed by atoms with Crippen molar-refractivity contribution >= 4 is 11.9 Å². The minimum Gasteiger partial charge on any atom is -0.507 e. The molecule has 4 aliphatic rings. The number of hydrogen-bond acceptors (Lipinski definition) is 5. The van der Waals surface area contributed by atoms with E-state index >= 15 is 0 Å². The van der Waals surface area contributed by atoms with Gasteiger partial charge in [-0.25, -0.2) is 4.79 Å². The molecular weight excluding hydrogens is 346 g/mol. The molecule has 6 heteroatoms. The number of nitrogens with one attached hydrogen (secondary N) is 1. The monoisotopic (exact) mass is 373 g/mol. The highest BCUT2D eigenvalue weighted by atomic mass is 16.5. The average molecular weight is 373 g/mol. The molecule has 4 saturated carbocycles. The summed E-state index contributed by atoms with van der Waals surface area (Å²) in [6.45, 7) is 1.58. The van der Waals surface area contributed by atoms with Crippen LogP contribution in [0, 0.1) is 17.8 Å². The van der Waals surface area contributed by atoms with E-state index in [9.17, 15) is 14.7 Å². The summed E-state index contributed by atoms with van der Waals surface area (Å²) in [5, 5.41) is 13.2. The van der Waals surface area contributed by atoms with Crippen LogP contribution in [0.15, 0.2) is 18.2 Å². The molecule has 0 saturated heterocycles. The zero-order valence-corrected chi connectivity index (χ0v) is 15.9. The van der Waals surface area contributed by atoms with E-state index < -0.39 is 12.1 Å². The number of carbonyl (C=O) groups is 2. The number of ether oxygens (including phenoxy) is 2. The van der Waals surface area contributed by atoms with Crippen molar-refractivity contribution in [2.75, 3.05) is 7.11 Å². The maximum Gasteiger partial charge on any atom is 0.342 e. The Morgan fingerprint density at radius 3 is 2.26 bits per heavy atom. The molecule has 146 valence electrons. The Labute approximate surface area is 159 Å². The minimum atomic E-state index is -0.910. The van der Waals surface area contributed by atoms with Gasteiger partial charge in [-0.15, -0.1) is 0 Å². The van der Waals surface area contributed by atoms with E-state index in [1.54, 1.807) is 13.0 Å². The molecule has 4 aliphatic carbocycles. The Balaban J connectivity index is 1.39. The number of rotatable bonds is 5. The highest BCUT2D eigenvalue weighted by molar-refractivity contribution is 5.94. The van der Waals surface area contributed by atoms with Gasteiger partial charge in [0.05, 0.1) is 7.11 Å². The average Bonchev–Trinajstić information content (AvgIpc) is 2.59. The molecule has 0 aliphatic heterocycles. The van der Waals surface area contributed by atoms with Crippen molar-refractivity contribution in [3.8, 4) is 11.5 Å². The van der Waals surface area contributed by atoms with Crippen LogP contribution in [0.4, 0.5) is 0 Å². The van der Waals surface area contributed by atoms with Crippen molar-refractivity contribution in [2.24, 2.45) is 17.8 Å². The first-order valence-electron chi connectivity index (χ1n) is 9.77. The van der Waals surface area contributed by atoms with Crippen LogP contribution in [-0.4, -0.2) is 35.7 Å². The van der Waals surface area contributed by atoms with E-state index in [4.69, 9.17) is 9.47 Å². The molecule has 0 unspecified atom stereocenters. The SMILES string of the molecule is COc1ccc(C(=O)O[C@H](C)C(=O)NC23CC4CC(CC(C4)C2)C3)c(O)c1. The molecule has 1 aromatic carbocycles. The van der Waals surface area contributed by atoms with Gasteiger partial charge in [-0.1, -0.05) is 0 Å². The number of hydrogen-bond donors (Lipinski definition) is 2. The Morgan fingerprint density at radius 2 is 1.74 bits per heavy atom. The molecule has 1 aromatic rings. The standard InChI is InChI=1S/C21H27NO5/c1-12(27-20(25)17-4-3-16(26-2)8-18(17)23)19(24)22-21-9-13-5-14(10-21)7-15(6-13)11-21/h3-4,8,12-15,23H,5-7,9-11H2,1-2H3,(H,22,24)/t12-,13?,14?,15?,21?/m1/s1. The molecule has 4 bridgehead atoms. The Bertz CT molecular complexity index is 724. The van der Waals surface area contributed by atoms with Gasteiger partial charge in [0.1, 0.15) is 17.1 Å². The maximum absolute atomic E-state index is 12.7. The van der Waals surface area contributed by atoms with Crippen LogP contribution in [-0.2, 0) is 9.53 Å². The molecule has 2 N–H and O–H groups in total. The molecule has 0 radical (unpaired) electrons. The lowest BCUT2D eigenvalue weighted by molar-refractivity contribution is -0.134. The summed E-state index contributed by atoms with van der Waals surface area (Å²) in [6.07, 6.45) is 6.13. The molecule has 0 spiro atoms. The number of phenolic OH excluding ortho intramolecular Hbond substituents is 1. The van der Waals surface area contributed by atoms with Crippen molar-refractivity contribution in [2.45, 2.75) is 57.1 Å². The van der Waals surface area contributed by atoms with E-state index in [-0.39, 0.29) is 22.8 Å². The molecule has 0 aromatic heterocycles. The number of phenols is 1. The van der Waals surface area contributed by atoms with Crippen molar-refractivity contribution in [1.29, 1.82) is 0 Å². The van der Waals surface area contributed by atoms with Crippen molar-refractivity contribution < 1.29 is 24.2 Å². The topological polar surface area (TPSA) is 84.9 Å². The summed E-state index contributed by atoms with van der Waals surface area (Å²) < 4.78 is 10.3.